The van der Waals surface area contributed by atoms with Crippen molar-refractivity contribution in [2.45, 2.75) is 40.2 Å². The van der Waals surface area contributed by atoms with Gasteiger partial charge in [0.2, 0.25) is 0 Å². The van der Waals surface area contributed by atoms with Gasteiger partial charge in [0.1, 0.15) is 6.29 Å². The average Bonchev–Trinajstić information content (AvgIpc) is 2.27. The average molecular weight is 245 g/mol. The molecule has 18 heavy (non-hydrogen) atoms. The van der Waals surface area contributed by atoms with Gasteiger partial charge in [0.25, 0.3) is 0 Å². The zero-order valence-corrected chi connectivity index (χ0v) is 11.8. The van der Waals surface area contributed by atoms with Gasteiger partial charge in [0.05, 0.1) is 0 Å². The summed E-state index contributed by atoms with van der Waals surface area (Å²) in [5.74, 6) is 0.608. The van der Waals surface area contributed by atoms with Crippen LogP contribution >= 0.6 is 0 Å². The predicted molar refractivity (Wildman–Crippen MR) is 76.7 cm³/mol. The standard InChI is InChI=1S/C16H23NO/c1-11(2)8-13(4)17-14(5)15-6-7-16(10-18)12(3)9-15/h6-7,9-11,14,17H,4,8H2,1-3,5H3. The van der Waals surface area contributed by atoms with Crippen molar-refractivity contribution in [3.63, 3.8) is 0 Å². The van der Waals surface area contributed by atoms with Gasteiger partial charge in [-0.1, -0.05) is 38.6 Å². The highest BCUT2D eigenvalue weighted by Crippen LogP contribution is 2.18. The molecule has 1 rings (SSSR count). The lowest BCUT2D eigenvalue weighted by Gasteiger charge is -2.19. The highest BCUT2D eigenvalue weighted by Gasteiger charge is 2.08. The molecule has 1 atom stereocenters. The Morgan fingerprint density at radius 2 is 2.06 bits per heavy atom. The summed E-state index contributed by atoms with van der Waals surface area (Å²) in [6.07, 6.45) is 1.88. The summed E-state index contributed by atoms with van der Waals surface area (Å²) in [7, 11) is 0. The van der Waals surface area contributed by atoms with E-state index in [1.54, 1.807) is 0 Å². The van der Waals surface area contributed by atoms with Crippen LogP contribution in [-0.4, -0.2) is 6.29 Å². The molecule has 1 N–H and O–H groups in total. The summed E-state index contributed by atoms with van der Waals surface area (Å²) in [5.41, 5.74) is 4.02. The quantitative estimate of drug-likeness (QED) is 0.767. The minimum Gasteiger partial charge on any atom is -0.382 e. The van der Waals surface area contributed by atoms with E-state index in [2.05, 4.69) is 38.7 Å². The molecule has 0 aromatic heterocycles. The molecule has 2 heteroatoms. The molecule has 0 bridgehead atoms. The Morgan fingerprint density at radius 1 is 1.39 bits per heavy atom. The Bertz CT molecular complexity index is 435. The van der Waals surface area contributed by atoms with Gasteiger partial charge >= 0.3 is 0 Å². The number of allylic oxidation sites excluding steroid dienone is 1. The molecule has 0 aliphatic heterocycles. The van der Waals surface area contributed by atoms with Crippen molar-refractivity contribution in [1.82, 2.24) is 5.32 Å². The molecule has 0 radical (unpaired) electrons. The van der Waals surface area contributed by atoms with Crippen LogP contribution in [-0.2, 0) is 0 Å². The fraction of sp³-hybridized carbons (Fsp3) is 0.438. The Kier molecular flexibility index (Phi) is 5.14. The third-order valence-corrected chi connectivity index (χ3v) is 3.00. The monoisotopic (exact) mass is 245 g/mol. The molecule has 98 valence electrons. The van der Waals surface area contributed by atoms with E-state index in [1.807, 2.05) is 19.1 Å². The second kappa shape index (κ2) is 6.39. The minimum atomic E-state index is 0.218. The maximum Gasteiger partial charge on any atom is 0.150 e. The smallest absolute Gasteiger partial charge is 0.150 e. The van der Waals surface area contributed by atoms with Crippen molar-refractivity contribution < 1.29 is 4.79 Å². The first kappa shape index (κ1) is 14.5. The van der Waals surface area contributed by atoms with Gasteiger partial charge in [-0.15, -0.1) is 0 Å². The third-order valence-electron chi connectivity index (χ3n) is 3.00. The zero-order valence-electron chi connectivity index (χ0n) is 11.8. The number of hydrogen-bond acceptors (Lipinski definition) is 2. The molecule has 1 aromatic rings. The van der Waals surface area contributed by atoms with Crippen LogP contribution in [0.15, 0.2) is 30.5 Å². The van der Waals surface area contributed by atoms with E-state index in [1.165, 1.54) is 5.56 Å². The summed E-state index contributed by atoms with van der Waals surface area (Å²) < 4.78 is 0. The SMILES string of the molecule is C=C(CC(C)C)NC(C)c1ccc(C=O)c(C)c1. The largest absolute Gasteiger partial charge is 0.382 e. The number of nitrogens with one attached hydrogen (secondary N) is 1. The van der Waals surface area contributed by atoms with E-state index in [9.17, 15) is 4.79 Å². The summed E-state index contributed by atoms with van der Waals surface area (Å²) in [5, 5.41) is 3.41. The Hall–Kier alpha value is -1.57. The van der Waals surface area contributed by atoms with E-state index in [4.69, 9.17) is 0 Å². The van der Waals surface area contributed by atoms with Gasteiger partial charge in [0, 0.05) is 17.3 Å². The lowest BCUT2D eigenvalue weighted by Crippen LogP contribution is -2.18. The second-order valence-electron chi connectivity index (χ2n) is 5.30. The maximum atomic E-state index is 10.8. The number of aryl methyl sites for hydroxylation is 1. The Balaban J connectivity index is 2.72. The van der Waals surface area contributed by atoms with Gasteiger partial charge in [-0.2, -0.15) is 0 Å². The molecule has 0 amide bonds. The van der Waals surface area contributed by atoms with Crippen LogP contribution in [0.5, 0.6) is 0 Å². The Labute approximate surface area is 110 Å². The molecular formula is C16H23NO. The van der Waals surface area contributed by atoms with Gasteiger partial charge in [-0.05, 0) is 37.3 Å². The molecule has 0 heterocycles. The molecule has 0 spiro atoms. The van der Waals surface area contributed by atoms with Crippen LogP contribution < -0.4 is 5.32 Å². The van der Waals surface area contributed by atoms with E-state index >= 15 is 0 Å². The van der Waals surface area contributed by atoms with E-state index in [-0.39, 0.29) is 6.04 Å². The lowest BCUT2D eigenvalue weighted by atomic mass is 10.0. The molecule has 0 saturated heterocycles. The first-order chi connectivity index (χ1) is 8.43. The van der Waals surface area contributed by atoms with Crippen LogP contribution in [0.1, 0.15) is 54.7 Å². The van der Waals surface area contributed by atoms with Crippen molar-refractivity contribution in [1.29, 1.82) is 0 Å². The molecule has 0 fully saturated rings. The van der Waals surface area contributed by atoms with Crippen LogP contribution in [0.2, 0.25) is 0 Å². The lowest BCUT2D eigenvalue weighted by molar-refractivity contribution is 0.112. The van der Waals surface area contributed by atoms with Crippen LogP contribution in [0.3, 0.4) is 0 Å². The zero-order chi connectivity index (χ0) is 13.7. The van der Waals surface area contributed by atoms with Gasteiger partial charge in [-0.25, -0.2) is 0 Å². The van der Waals surface area contributed by atoms with E-state index in [0.717, 1.165) is 29.5 Å². The predicted octanol–water partition coefficient (Wildman–Crippen LogP) is 4.02. The van der Waals surface area contributed by atoms with Crippen LogP contribution in [0.25, 0.3) is 0 Å². The summed E-state index contributed by atoms with van der Waals surface area (Å²) in [4.78, 5) is 10.8. The highest BCUT2D eigenvalue weighted by molar-refractivity contribution is 5.77. The highest BCUT2D eigenvalue weighted by atomic mass is 16.1. The van der Waals surface area contributed by atoms with Crippen molar-refractivity contribution >= 4 is 6.29 Å². The molecule has 2 nitrogen and oxygen atoms in total. The molecular weight excluding hydrogens is 222 g/mol. The number of hydrogen-bond donors (Lipinski definition) is 1. The van der Waals surface area contributed by atoms with Crippen molar-refractivity contribution in [2.24, 2.45) is 5.92 Å². The summed E-state index contributed by atoms with van der Waals surface area (Å²) in [6, 6.07) is 6.15. The second-order valence-corrected chi connectivity index (χ2v) is 5.30. The first-order valence-electron chi connectivity index (χ1n) is 6.44. The number of aldehydes is 1. The van der Waals surface area contributed by atoms with E-state index < -0.39 is 0 Å². The first-order valence-corrected chi connectivity index (χ1v) is 6.44. The number of carbonyl (C=O) groups is 1. The normalized spacial score (nSPS) is 12.3. The number of rotatable bonds is 6. The molecule has 0 aliphatic rings. The minimum absolute atomic E-state index is 0.218. The number of carbonyl (C=O) groups excluding carboxylic acids is 1. The molecule has 0 saturated carbocycles. The van der Waals surface area contributed by atoms with Gasteiger partial charge < -0.3 is 5.32 Å². The maximum absolute atomic E-state index is 10.8. The summed E-state index contributed by atoms with van der Waals surface area (Å²) in [6.45, 7) is 12.5. The third kappa shape index (κ3) is 4.02. The summed E-state index contributed by atoms with van der Waals surface area (Å²) >= 11 is 0. The molecule has 1 unspecified atom stereocenters. The van der Waals surface area contributed by atoms with Crippen molar-refractivity contribution in [3.05, 3.63) is 47.2 Å². The van der Waals surface area contributed by atoms with Gasteiger partial charge in [0.15, 0.2) is 0 Å². The van der Waals surface area contributed by atoms with Crippen molar-refractivity contribution in [3.8, 4) is 0 Å². The fourth-order valence-electron chi connectivity index (χ4n) is 2.04. The van der Waals surface area contributed by atoms with E-state index in [0.29, 0.717) is 5.92 Å². The van der Waals surface area contributed by atoms with Gasteiger partial charge in [-0.3, -0.25) is 4.79 Å². The van der Waals surface area contributed by atoms with Crippen molar-refractivity contribution in [2.75, 3.05) is 0 Å². The number of benzene rings is 1. The molecule has 1 aromatic carbocycles. The fourth-order valence-corrected chi connectivity index (χ4v) is 2.04. The molecule has 0 aliphatic carbocycles. The van der Waals surface area contributed by atoms with Crippen LogP contribution in [0, 0.1) is 12.8 Å². The topological polar surface area (TPSA) is 29.1 Å². The Morgan fingerprint density at radius 3 is 2.56 bits per heavy atom. The van der Waals surface area contributed by atoms with Crippen LogP contribution in [0.4, 0.5) is 0 Å².